The van der Waals surface area contributed by atoms with Crippen molar-refractivity contribution in [3.8, 4) is 0 Å². The van der Waals surface area contributed by atoms with Gasteiger partial charge in [-0.15, -0.1) is 0 Å². The monoisotopic (exact) mass is 1580 g/mol. The number of carbonyl (C=O) groups excluding carboxylic acids is 5. The lowest BCUT2D eigenvalue weighted by Gasteiger charge is -2.28. The van der Waals surface area contributed by atoms with Gasteiger partial charge in [0.1, 0.15) is 20.5 Å². The number of amides is 3. The van der Waals surface area contributed by atoms with Crippen LogP contribution in [0.3, 0.4) is 0 Å². The largest absolute Gasteiger partial charge is 0.384 e. The Balaban J connectivity index is 0.000000181. The second-order valence-electron chi connectivity index (χ2n) is 24.8. The van der Waals surface area contributed by atoms with Crippen LogP contribution in [0, 0.1) is 12.7 Å². The first kappa shape index (κ1) is 84.6. The van der Waals surface area contributed by atoms with E-state index in [-0.39, 0.29) is 111 Å². The number of ketones is 2. The molecule has 4 heterocycles. The first-order valence-corrected chi connectivity index (χ1v) is 41.8. The first-order valence-electron chi connectivity index (χ1n) is 34.0. The van der Waals surface area contributed by atoms with Crippen molar-refractivity contribution >= 4 is 102 Å². The number of benzene rings is 8. The number of carbonyl (C=O) groups is 5. The van der Waals surface area contributed by atoms with Crippen LogP contribution in [-0.4, -0.2) is 207 Å². The van der Waals surface area contributed by atoms with E-state index < -0.39 is 67.2 Å². The molecule has 4 aliphatic rings. The normalized spacial score (nSPS) is 15.8. The summed E-state index contributed by atoms with van der Waals surface area (Å²) in [6.07, 6.45) is 0.821. The summed E-state index contributed by atoms with van der Waals surface area (Å²) in [6.45, 7) is 8.27. The van der Waals surface area contributed by atoms with Gasteiger partial charge in [-0.2, -0.15) is 17.2 Å². The van der Waals surface area contributed by atoms with Crippen LogP contribution in [0.5, 0.6) is 0 Å². The Hall–Kier alpha value is -9.06. The van der Waals surface area contributed by atoms with Gasteiger partial charge in [-0.25, -0.2) is 38.1 Å². The highest BCUT2D eigenvalue weighted by atomic mass is 32.2. The van der Waals surface area contributed by atoms with E-state index in [9.17, 15) is 66.2 Å². The molecule has 0 atom stereocenters. The predicted octanol–water partition coefficient (Wildman–Crippen LogP) is 9.19. The van der Waals surface area contributed by atoms with E-state index in [1.807, 2.05) is 31.2 Å². The highest BCUT2D eigenvalue weighted by Gasteiger charge is 2.34. The van der Waals surface area contributed by atoms with Gasteiger partial charge in [0.25, 0.3) is 17.7 Å². The van der Waals surface area contributed by atoms with Crippen LogP contribution in [-0.2, 0) is 81.4 Å². The van der Waals surface area contributed by atoms with Crippen molar-refractivity contribution in [2.24, 2.45) is 0 Å². The number of anilines is 3. The average Bonchev–Trinajstić information content (AvgIpc) is 0.801. The molecule has 0 spiro atoms. The zero-order valence-corrected chi connectivity index (χ0v) is 63.3. The van der Waals surface area contributed by atoms with Gasteiger partial charge in [0, 0.05) is 105 Å². The van der Waals surface area contributed by atoms with Crippen LogP contribution in [0.25, 0.3) is 0 Å². The molecule has 4 fully saturated rings. The molecule has 4 saturated heterocycles. The van der Waals surface area contributed by atoms with Crippen molar-refractivity contribution in [3.05, 3.63) is 244 Å². The van der Waals surface area contributed by atoms with Crippen molar-refractivity contribution in [2.45, 2.75) is 53.7 Å². The Labute approximate surface area is 631 Å². The van der Waals surface area contributed by atoms with E-state index >= 15 is 0 Å². The van der Waals surface area contributed by atoms with Gasteiger partial charge in [0.2, 0.25) is 40.1 Å². The number of para-hydroxylation sites is 3. The topological polar surface area (TPSA) is 325 Å². The Morgan fingerprint density at radius 1 is 0.444 bits per heavy atom. The molecule has 8 aromatic rings. The predicted molar refractivity (Wildman–Crippen MR) is 413 cm³/mol. The second kappa shape index (κ2) is 38.8. The Kier molecular flexibility index (Phi) is 30.4. The number of nitrogens with zero attached hydrogens (tertiary/aromatic N) is 4. The number of morpholine rings is 3. The van der Waals surface area contributed by atoms with Crippen LogP contribution in [0.4, 0.5) is 21.5 Å². The van der Waals surface area contributed by atoms with E-state index in [0.29, 0.717) is 100 Å². The van der Waals surface area contributed by atoms with Gasteiger partial charge in [-0.3, -0.25) is 28.2 Å². The van der Waals surface area contributed by atoms with E-state index in [4.69, 9.17) is 18.9 Å². The van der Waals surface area contributed by atoms with Crippen molar-refractivity contribution in [2.75, 3.05) is 133 Å². The molecule has 3 amide bonds. The molecule has 25 nitrogen and oxygen atoms in total. The third-order valence-electron chi connectivity index (χ3n) is 17.4. The van der Waals surface area contributed by atoms with Crippen molar-refractivity contribution in [1.29, 1.82) is 0 Å². The van der Waals surface area contributed by atoms with Gasteiger partial charge >= 0.3 is 0 Å². The molecule has 31 heteroatoms. The molecule has 8 aromatic carbocycles. The lowest BCUT2D eigenvalue weighted by Crippen LogP contribution is -2.43. The number of hydrogen-bond acceptors (Lipinski definition) is 18. The first-order chi connectivity index (χ1) is 51.1. The third kappa shape index (κ3) is 22.5. The quantitative estimate of drug-likeness (QED) is 0.0445. The number of nitrogens with one attached hydrogen (secondary N) is 3. The fraction of sp³-hybridized carbons (Fsp3) is 0.299. The molecule has 0 unspecified atom stereocenters. The molecule has 0 bridgehead atoms. The van der Waals surface area contributed by atoms with E-state index in [1.165, 1.54) is 72.7 Å². The molecular weight excluding hydrogens is 1490 g/mol. The summed E-state index contributed by atoms with van der Waals surface area (Å²) in [7, 11) is -15.5. The number of halogens is 1. The zero-order valence-electron chi connectivity index (χ0n) is 59.2. The van der Waals surface area contributed by atoms with Crippen LogP contribution >= 0.6 is 0 Å². The van der Waals surface area contributed by atoms with Crippen molar-refractivity contribution in [1.82, 2.24) is 17.2 Å². The molecule has 3 N–H and O–H groups in total. The highest BCUT2D eigenvalue weighted by Crippen LogP contribution is 2.30. The van der Waals surface area contributed by atoms with Gasteiger partial charge in [0.15, 0.2) is 11.6 Å². The summed E-state index contributed by atoms with van der Waals surface area (Å²) >= 11 is 0. The van der Waals surface area contributed by atoms with Crippen LogP contribution in [0.15, 0.2) is 214 Å². The fourth-order valence-electron chi connectivity index (χ4n) is 11.3. The fourth-order valence-corrected chi connectivity index (χ4v) is 19.2. The Bertz CT molecular complexity index is 5030. The minimum atomic E-state index is -3.87. The minimum absolute atomic E-state index is 0. The van der Waals surface area contributed by atoms with Crippen molar-refractivity contribution in [3.63, 3.8) is 0 Å². The molecule has 0 aliphatic carbocycles. The lowest BCUT2D eigenvalue weighted by molar-refractivity contribution is 0.0730. The Morgan fingerprint density at radius 3 is 1.14 bits per heavy atom. The van der Waals surface area contributed by atoms with E-state index in [1.54, 1.807) is 116 Å². The molecule has 0 radical (unpaired) electrons. The second-order valence-corrected chi connectivity index (χ2v) is 35.2. The molecule has 108 heavy (non-hydrogen) atoms. The summed E-state index contributed by atoms with van der Waals surface area (Å²) in [5.74, 6) is 2.04. The van der Waals surface area contributed by atoms with E-state index in [0.717, 1.165) is 29.7 Å². The Morgan fingerprint density at radius 2 is 0.759 bits per heavy atom. The van der Waals surface area contributed by atoms with Gasteiger partial charge in [0.05, 0.1) is 68.2 Å². The number of aryl methyl sites for hydroxylation is 1. The maximum atomic E-state index is 13.0. The summed E-state index contributed by atoms with van der Waals surface area (Å²) < 4.78 is 155. The minimum Gasteiger partial charge on any atom is -0.384 e. The van der Waals surface area contributed by atoms with Gasteiger partial charge in [-0.1, -0.05) is 116 Å². The number of hydrogen-bond donors (Lipinski definition) is 3. The summed E-state index contributed by atoms with van der Waals surface area (Å²) in [4.78, 5) is 61.7. The number of sulfonamides is 4. The summed E-state index contributed by atoms with van der Waals surface area (Å²) in [5, 5.41) is 7.97. The molecule has 4 aliphatic heterocycles. The maximum absolute atomic E-state index is 13.0. The molecular formula is C77H88FN7O18S5. The summed E-state index contributed by atoms with van der Waals surface area (Å²) in [6, 6.07) is 51.2. The van der Waals surface area contributed by atoms with Gasteiger partial charge < -0.3 is 34.9 Å². The molecule has 12 rings (SSSR count). The third-order valence-corrected chi connectivity index (χ3v) is 27.1. The summed E-state index contributed by atoms with van der Waals surface area (Å²) in [5.41, 5.74) is 5.36. The molecule has 0 saturated carbocycles. The number of ether oxygens (including phenoxy) is 4. The standard InChI is InChI=1S/C20H24N2O5S.C19H20N2O5S.C19H21NO4S.C18H19FN2O4S2.CH4/c1-26-13-10-16-6-8-17(9-7-16)20(23)21-18-4-2-3-5-19(18)28(24,25)22-11-14-27-15-12-22;1-14(22)15-6-8-16(9-7-15)19(23)20-17-4-2-3-5-18(17)27(24,25)21-10-12-26-13-11-21;1-15-6-8-16(9-7-15)18(21)14-17-4-2-3-5-19(17)25(22,23)20-10-12-24-13-11-20;1-26(23)12-10-21(11-13-26)27(24,25)17-5-3-2-4-16(17)20-18(22)14-6-8-15(19)9-7-14;/h2-9H,10-15H2,1H3,(H,21,23);2-9H,10-13H2,1H3,(H,20,23);2-9H,10-14H2,1H3;2-9H,1,10-13H2,(H,20,22);1H4. The van der Waals surface area contributed by atoms with Crippen molar-refractivity contribution < 1.29 is 85.2 Å². The smallest absolute Gasteiger partial charge is 0.255 e. The van der Waals surface area contributed by atoms with Crippen LogP contribution in [0.1, 0.15) is 82.8 Å². The van der Waals surface area contributed by atoms with Crippen LogP contribution in [0.2, 0.25) is 0 Å². The number of Topliss-reactive ketones (excluding diaryl/α,β-unsaturated/α-hetero) is 2. The lowest BCUT2D eigenvalue weighted by atomic mass is 10.0. The SMILES string of the molecule is C.C=S1(=O)CCN(S(=O)(=O)c2ccccc2NC(=O)c2ccc(F)cc2)CC1.CC(=O)c1ccc(C(=O)Nc2ccccc2S(=O)(=O)N2CCOCC2)cc1.COCCc1ccc(C(=O)Nc2ccccc2S(=O)(=O)N2CCOCC2)cc1.Cc1ccc(C(=O)Cc2ccccc2S(=O)(=O)N2CCOCC2)cc1. The zero-order chi connectivity index (χ0) is 76.9. The van der Waals surface area contributed by atoms with Crippen LogP contribution < -0.4 is 16.0 Å². The van der Waals surface area contributed by atoms with E-state index in [2.05, 4.69) is 21.8 Å². The maximum Gasteiger partial charge on any atom is 0.255 e. The number of rotatable bonds is 21. The molecule has 576 valence electrons. The highest BCUT2D eigenvalue weighted by molar-refractivity contribution is 8.00. The number of methoxy groups -OCH3 is 1. The average molecular weight is 1580 g/mol. The van der Waals surface area contributed by atoms with Gasteiger partial charge in [-0.05, 0) is 138 Å². The molecule has 0 aromatic heterocycles.